The number of nitriles is 1. The van der Waals surface area contributed by atoms with E-state index >= 15 is 0 Å². The van der Waals surface area contributed by atoms with Crippen LogP contribution >= 0.6 is 11.8 Å². The monoisotopic (exact) mass is 454 g/mol. The van der Waals surface area contributed by atoms with Crippen molar-refractivity contribution in [1.29, 1.82) is 5.26 Å². The van der Waals surface area contributed by atoms with Crippen LogP contribution in [0, 0.1) is 11.3 Å². The molecule has 0 spiro atoms. The van der Waals surface area contributed by atoms with Crippen LogP contribution in [0.3, 0.4) is 0 Å². The van der Waals surface area contributed by atoms with Gasteiger partial charge in [0.25, 0.3) is 0 Å². The summed E-state index contributed by atoms with van der Waals surface area (Å²) in [7, 11) is 0. The quantitative estimate of drug-likeness (QED) is 0.346. The van der Waals surface area contributed by atoms with Crippen LogP contribution in [0.2, 0.25) is 0 Å². The Hall–Kier alpha value is -3.45. The van der Waals surface area contributed by atoms with Crippen molar-refractivity contribution in [2.45, 2.75) is 44.5 Å². The zero-order chi connectivity index (χ0) is 22.9. The minimum absolute atomic E-state index is 0.110. The molecule has 2 N–H and O–H groups in total. The predicted octanol–water partition coefficient (Wildman–Crippen LogP) is 3.32. The number of carbonyl (C=O) groups is 1. The molecule has 0 fully saturated rings. The van der Waals surface area contributed by atoms with Crippen LogP contribution in [0.4, 0.5) is 0 Å². The van der Waals surface area contributed by atoms with Gasteiger partial charge in [0.2, 0.25) is 11.1 Å². The number of nitrogens with zero attached hydrogens (tertiary/aromatic N) is 5. The van der Waals surface area contributed by atoms with E-state index in [9.17, 15) is 4.79 Å². The summed E-state index contributed by atoms with van der Waals surface area (Å²) in [5, 5.41) is 17.4. The zero-order valence-corrected chi connectivity index (χ0v) is 18.9. The van der Waals surface area contributed by atoms with E-state index in [1.807, 2.05) is 24.3 Å². The third-order valence-corrected chi connectivity index (χ3v) is 5.68. The number of amides is 1. The number of aromatic nitrogens is 3. The molecule has 2 heterocycles. The first-order chi connectivity index (χ1) is 15.5. The smallest absolute Gasteiger partial charge is 0.233 e. The van der Waals surface area contributed by atoms with Crippen molar-refractivity contribution >= 4 is 17.7 Å². The lowest BCUT2D eigenvalue weighted by Gasteiger charge is -2.20. The number of furan rings is 1. The van der Waals surface area contributed by atoms with Gasteiger partial charge in [0.1, 0.15) is 18.1 Å². The van der Waals surface area contributed by atoms with E-state index in [1.54, 1.807) is 23.3 Å². The molecule has 32 heavy (non-hydrogen) atoms. The molecule has 9 nitrogen and oxygen atoms in total. The van der Waals surface area contributed by atoms with E-state index in [-0.39, 0.29) is 24.7 Å². The van der Waals surface area contributed by atoms with Gasteiger partial charge in [-0.15, -0.1) is 10.2 Å². The second-order valence-electron chi connectivity index (χ2n) is 7.37. The van der Waals surface area contributed by atoms with Crippen molar-refractivity contribution < 1.29 is 13.9 Å². The van der Waals surface area contributed by atoms with E-state index in [2.05, 4.69) is 30.1 Å². The molecule has 1 amide bonds. The van der Waals surface area contributed by atoms with Crippen LogP contribution in [0.15, 0.2) is 52.2 Å². The van der Waals surface area contributed by atoms with E-state index in [0.717, 1.165) is 0 Å². The molecule has 0 saturated heterocycles. The van der Waals surface area contributed by atoms with Crippen LogP contribution in [0.25, 0.3) is 0 Å². The van der Waals surface area contributed by atoms with Gasteiger partial charge in [-0.2, -0.15) is 5.26 Å². The lowest BCUT2D eigenvalue weighted by Crippen LogP contribution is -2.32. The molecule has 2 aromatic heterocycles. The van der Waals surface area contributed by atoms with Gasteiger partial charge >= 0.3 is 0 Å². The van der Waals surface area contributed by atoms with Crippen LogP contribution in [0.5, 0.6) is 5.75 Å². The normalized spacial score (nSPS) is 10.8. The molecule has 0 unspecified atom stereocenters. The Morgan fingerprint density at radius 3 is 2.75 bits per heavy atom. The number of ether oxygens (including phenoxy) is 1. The number of benzene rings is 1. The lowest BCUT2D eigenvalue weighted by molar-refractivity contribution is -0.129. The number of hydrogen-bond acceptors (Lipinski definition) is 8. The summed E-state index contributed by atoms with van der Waals surface area (Å²) in [6, 6.07) is 13.5. The van der Waals surface area contributed by atoms with Crippen LogP contribution < -0.4 is 10.6 Å². The molecule has 0 aliphatic heterocycles. The van der Waals surface area contributed by atoms with Crippen molar-refractivity contribution in [2.24, 2.45) is 0 Å². The molecule has 0 atom stereocenters. The number of nitrogen functional groups attached to an aromatic ring is 1. The van der Waals surface area contributed by atoms with Crippen LogP contribution in [-0.2, 0) is 17.9 Å². The highest BCUT2D eigenvalue weighted by atomic mass is 32.2. The minimum Gasteiger partial charge on any atom is -0.486 e. The first-order valence-electron chi connectivity index (χ1n) is 10.2. The predicted molar refractivity (Wildman–Crippen MR) is 120 cm³/mol. The molecular weight excluding hydrogens is 428 g/mol. The SMILES string of the molecule is CC(C)c1ccc(OCc2nnc(SCC(=O)N(CCC#N)Cc3ccco3)n2N)cc1. The van der Waals surface area contributed by atoms with Crippen molar-refractivity contribution in [2.75, 3.05) is 18.1 Å². The Labute approximate surface area is 191 Å². The maximum Gasteiger partial charge on any atom is 0.233 e. The Balaban J connectivity index is 1.54. The van der Waals surface area contributed by atoms with Gasteiger partial charge < -0.3 is 19.9 Å². The Morgan fingerprint density at radius 2 is 2.09 bits per heavy atom. The minimum atomic E-state index is -0.146. The van der Waals surface area contributed by atoms with Crippen molar-refractivity contribution in [3.05, 3.63) is 59.8 Å². The highest BCUT2D eigenvalue weighted by Crippen LogP contribution is 2.20. The molecule has 3 aromatic rings. The number of nitrogens with two attached hydrogens (primary N) is 1. The van der Waals surface area contributed by atoms with Crippen molar-refractivity contribution in [3.63, 3.8) is 0 Å². The molecule has 3 rings (SSSR count). The number of carbonyl (C=O) groups excluding carboxylic acids is 1. The van der Waals surface area contributed by atoms with Gasteiger partial charge in [-0.1, -0.05) is 37.7 Å². The Kier molecular flexibility index (Phi) is 8.16. The van der Waals surface area contributed by atoms with Crippen LogP contribution in [-0.4, -0.2) is 38.0 Å². The molecule has 0 aliphatic rings. The van der Waals surface area contributed by atoms with Gasteiger partial charge in [0.05, 0.1) is 31.1 Å². The van der Waals surface area contributed by atoms with E-state index in [4.69, 9.17) is 20.3 Å². The van der Waals surface area contributed by atoms with Crippen molar-refractivity contribution in [3.8, 4) is 11.8 Å². The van der Waals surface area contributed by atoms with Gasteiger partial charge in [-0.25, -0.2) is 4.68 Å². The Bertz CT molecular complexity index is 1040. The zero-order valence-electron chi connectivity index (χ0n) is 18.1. The van der Waals surface area contributed by atoms with E-state index in [1.165, 1.54) is 22.0 Å². The molecular formula is C22H26N6O3S. The fraction of sp³-hybridized carbons (Fsp3) is 0.364. The maximum atomic E-state index is 12.7. The van der Waals surface area contributed by atoms with Gasteiger partial charge in [-0.05, 0) is 35.7 Å². The van der Waals surface area contributed by atoms with E-state index in [0.29, 0.717) is 41.5 Å². The summed E-state index contributed by atoms with van der Waals surface area (Å²) in [5.74, 6) is 8.33. The first-order valence-corrected chi connectivity index (χ1v) is 11.2. The first kappa shape index (κ1) is 23.2. The van der Waals surface area contributed by atoms with Gasteiger partial charge in [-0.3, -0.25) is 4.79 Å². The van der Waals surface area contributed by atoms with Crippen LogP contribution in [0.1, 0.15) is 43.3 Å². The molecule has 0 radical (unpaired) electrons. The maximum absolute atomic E-state index is 12.7. The summed E-state index contributed by atoms with van der Waals surface area (Å²) in [5.41, 5.74) is 1.23. The number of hydrogen-bond donors (Lipinski definition) is 1. The molecule has 168 valence electrons. The summed E-state index contributed by atoms with van der Waals surface area (Å²) in [6.07, 6.45) is 1.79. The largest absolute Gasteiger partial charge is 0.486 e. The summed E-state index contributed by atoms with van der Waals surface area (Å²) in [4.78, 5) is 14.3. The topological polar surface area (TPSA) is 123 Å². The molecule has 10 heteroatoms. The highest BCUT2D eigenvalue weighted by Gasteiger charge is 2.18. The molecule has 0 saturated carbocycles. The fourth-order valence-electron chi connectivity index (χ4n) is 2.89. The number of rotatable bonds is 11. The summed E-state index contributed by atoms with van der Waals surface area (Å²) >= 11 is 1.18. The van der Waals surface area contributed by atoms with Gasteiger partial charge in [0, 0.05) is 6.54 Å². The highest BCUT2D eigenvalue weighted by molar-refractivity contribution is 7.99. The second kappa shape index (κ2) is 11.2. The summed E-state index contributed by atoms with van der Waals surface area (Å²) in [6.45, 7) is 5.05. The average molecular weight is 455 g/mol. The molecule has 1 aromatic carbocycles. The second-order valence-corrected chi connectivity index (χ2v) is 8.32. The Morgan fingerprint density at radius 1 is 1.31 bits per heavy atom. The lowest BCUT2D eigenvalue weighted by atomic mass is 10.0. The summed E-state index contributed by atoms with van der Waals surface area (Å²) < 4.78 is 12.4. The van der Waals surface area contributed by atoms with E-state index < -0.39 is 0 Å². The third kappa shape index (κ3) is 6.28. The fourth-order valence-corrected chi connectivity index (χ4v) is 3.66. The molecule has 0 bridgehead atoms. The standard InChI is InChI=1S/C22H26N6O3S/c1-16(2)17-6-8-18(9-7-17)31-14-20-25-26-22(28(20)24)32-15-21(29)27(11-4-10-23)13-19-5-3-12-30-19/h3,5-9,12,16H,4,11,13-15,24H2,1-2H3. The number of thioether (sulfide) groups is 1. The van der Waals surface area contributed by atoms with Gasteiger partial charge in [0.15, 0.2) is 5.82 Å². The molecule has 0 aliphatic carbocycles. The average Bonchev–Trinajstić information content (AvgIpc) is 3.43. The third-order valence-electron chi connectivity index (χ3n) is 4.75. The van der Waals surface area contributed by atoms with Crippen molar-refractivity contribution in [1.82, 2.24) is 19.8 Å².